The van der Waals surface area contributed by atoms with Crippen molar-refractivity contribution >= 4 is 5.78 Å². The predicted molar refractivity (Wildman–Crippen MR) is 67.3 cm³/mol. The maximum Gasteiger partial charge on any atom is 0.219 e. The molecule has 0 radical (unpaired) electrons. The molecule has 92 valence electrons. The Morgan fingerprint density at radius 2 is 1.94 bits per heavy atom. The molecule has 4 heteroatoms. The molecule has 0 unspecified atom stereocenters. The highest BCUT2D eigenvalue weighted by molar-refractivity contribution is 5.93. The van der Waals surface area contributed by atoms with Gasteiger partial charge in [0.2, 0.25) is 5.88 Å². The Kier molecular flexibility index (Phi) is 3.57. The number of carbonyl (C=O) groups excluding carboxylic acids is 1. The number of nitrogens with zero attached hydrogens (tertiary/aromatic N) is 1. The Balaban J connectivity index is 2.15. The fourth-order valence-electron chi connectivity index (χ4n) is 1.43. The monoisotopic (exact) mass is 243 g/mol. The summed E-state index contributed by atoms with van der Waals surface area (Å²) in [4.78, 5) is 15.2. The van der Waals surface area contributed by atoms with Gasteiger partial charge in [-0.3, -0.25) is 4.79 Å². The molecule has 2 aromatic rings. The molecule has 0 spiro atoms. The average Bonchev–Trinajstić information content (AvgIpc) is 2.39. The van der Waals surface area contributed by atoms with Crippen molar-refractivity contribution in [1.82, 2.24) is 4.98 Å². The molecular weight excluding hydrogens is 230 g/mol. The van der Waals surface area contributed by atoms with Crippen LogP contribution in [0.2, 0.25) is 0 Å². The lowest BCUT2D eigenvalue weighted by molar-refractivity contribution is 0.101. The van der Waals surface area contributed by atoms with Gasteiger partial charge in [0.25, 0.3) is 0 Å². The van der Waals surface area contributed by atoms with E-state index in [1.54, 1.807) is 25.3 Å². The van der Waals surface area contributed by atoms with E-state index in [2.05, 4.69) is 4.98 Å². The van der Waals surface area contributed by atoms with Gasteiger partial charge in [0.15, 0.2) is 5.78 Å². The molecule has 0 aliphatic rings. The van der Waals surface area contributed by atoms with Crippen molar-refractivity contribution in [3.8, 4) is 17.4 Å². The van der Waals surface area contributed by atoms with Crippen LogP contribution >= 0.6 is 0 Å². The summed E-state index contributed by atoms with van der Waals surface area (Å²) in [6.07, 6.45) is 1.50. The van der Waals surface area contributed by atoms with Gasteiger partial charge in [0, 0.05) is 23.9 Å². The van der Waals surface area contributed by atoms with E-state index in [0.717, 1.165) is 0 Å². The van der Waals surface area contributed by atoms with E-state index in [1.165, 1.54) is 13.1 Å². The number of methoxy groups -OCH3 is 1. The second kappa shape index (κ2) is 5.31. The molecule has 18 heavy (non-hydrogen) atoms. The first-order chi connectivity index (χ1) is 8.69. The predicted octanol–water partition coefficient (Wildman–Crippen LogP) is 3.09. The molecular formula is C14H13NO3. The Morgan fingerprint density at radius 1 is 1.17 bits per heavy atom. The highest BCUT2D eigenvalue weighted by Gasteiger charge is 2.03. The van der Waals surface area contributed by atoms with Crippen molar-refractivity contribution in [2.24, 2.45) is 0 Å². The number of ketones is 1. The fraction of sp³-hybridized carbons (Fsp3) is 0.143. The van der Waals surface area contributed by atoms with Crippen LogP contribution in [0, 0.1) is 0 Å². The Bertz CT molecular complexity index is 549. The van der Waals surface area contributed by atoms with Gasteiger partial charge in [0.1, 0.15) is 11.5 Å². The minimum absolute atomic E-state index is 0.0181. The summed E-state index contributed by atoms with van der Waals surface area (Å²) in [6.45, 7) is 1.50. The lowest BCUT2D eigenvalue weighted by Crippen LogP contribution is -1.94. The van der Waals surface area contributed by atoms with Crippen LogP contribution in [0.4, 0.5) is 0 Å². The van der Waals surface area contributed by atoms with Crippen LogP contribution in [0.25, 0.3) is 0 Å². The molecule has 0 saturated heterocycles. The van der Waals surface area contributed by atoms with Crippen LogP contribution in [0.1, 0.15) is 17.3 Å². The molecule has 1 heterocycles. The number of hydrogen-bond donors (Lipinski definition) is 0. The third kappa shape index (κ3) is 2.85. The Hall–Kier alpha value is -2.36. The van der Waals surface area contributed by atoms with Crippen LogP contribution in [-0.2, 0) is 0 Å². The highest BCUT2D eigenvalue weighted by atomic mass is 16.5. The smallest absolute Gasteiger partial charge is 0.219 e. The average molecular weight is 243 g/mol. The summed E-state index contributed by atoms with van der Waals surface area (Å²) in [7, 11) is 1.60. The van der Waals surface area contributed by atoms with Gasteiger partial charge >= 0.3 is 0 Å². The van der Waals surface area contributed by atoms with E-state index < -0.39 is 0 Å². The van der Waals surface area contributed by atoms with Crippen molar-refractivity contribution in [2.45, 2.75) is 6.92 Å². The van der Waals surface area contributed by atoms with Gasteiger partial charge in [-0.25, -0.2) is 4.98 Å². The normalized spacial score (nSPS) is 9.89. The van der Waals surface area contributed by atoms with Crippen molar-refractivity contribution in [1.29, 1.82) is 0 Å². The summed E-state index contributed by atoms with van der Waals surface area (Å²) in [5.41, 5.74) is 0.563. The van der Waals surface area contributed by atoms with Gasteiger partial charge in [-0.15, -0.1) is 0 Å². The third-order valence-electron chi connectivity index (χ3n) is 2.41. The molecule has 0 fully saturated rings. The molecule has 0 aliphatic heterocycles. The molecule has 0 N–H and O–H groups in total. The fourth-order valence-corrected chi connectivity index (χ4v) is 1.43. The topological polar surface area (TPSA) is 48.4 Å². The molecule has 0 amide bonds. The zero-order valence-corrected chi connectivity index (χ0v) is 10.2. The standard InChI is InChI=1S/C14H13NO3/c1-10(16)11-6-7-14(15-9-11)18-13-5-3-4-12(8-13)17-2/h3-9H,1-2H3. The number of hydrogen-bond acceptors (Lipinski definition) is 4. The number of Topliss-reactive ketones (excluding diaryl/α,β-unsaturated/α-hetero) is 1. The number of aromatic nitrogens is 1. The summed E-state index contributed by atoms with van der Waals surface area (Å²) < 4.78 is 10.7. The molecule has 1 aromatic heterocycles. The molecule has 2 rings (SSSR count). The zero-order valence-electron chi connectivity index (χ0n) is 10.2. The van der Waals surface area contributed by atoms with Crippen LogP contribution in [0.3, 0.4) is 0 Å². The van der Waals surface area contributed by atoms with Crippen molar-refractivity contribution in [2.75, 3.05) is 7.11 Å². The number of benzene rings is 1. The molecule has 0 saturated carbocycles. The zero-order chi connectivity index (χ0) is 13.0. The van der Waals surface area contributed by atoms with E-state index in [9.17, 15) is 4.79 Å². The first kappa shape index (κ1) is 12.1. The van der Waals surface area contributed by atoms with Crippen molar-refractivity contribution < 1.29 is 14.3 Å². The van der Waals surface area contributed by atoms with Crippen LogP contribution < -0.4 is 9.47 Å². The van der Waals surface area contributed by atoms with Gasteiger partial charge in [-0.2, -0.15) is 0 Å². The minimum Gasteiger partial charge on any atom is -0.497 e. The largest absolute Gasteiger partial charge is 0.497 e. The number of carbonyl (C=O) groups is 1. The summed E-state index contributed by atoms with van der Waals surface area (Å²) >= 11 is 0. The summed E-state index contributed by atoms with van der Waals surface area (Å²) in [5, 5.41) is 0. The van der Waals surface area contributed by atoms with Crippen LogP contribution in [0.15, 0.2) is 42.6 Å². The van der Waals surface area contributed by atoms with E-state index in [1.807, 2.05) is 18.2 Å². The first-order valence-corrected chi connectivity index (χ1v) is 5.48. The maximum absolute atomic E-state index is 11.1. The van der Waals surface area contributed by atoms with Gasteiger partial charge < -0.3 is 9.47 Å². The van der Waals surface area contributed by atoms with Gasteiger partial charge in [0.05, 0.1) is 7.11 Å². The molecule has 0 bridgehead atoms. The van der Waals surface area contributed by atoms with Crippen LogP contribution in [0.5, 0.6) is 17.4 Å². The quantitative estimate of drug-likeness (QED) is 0.774. The second-order valence-electron chi connectivity index (χ2n) is 3.72. The Labute approximate surface area is 105 Å². The van der Waals surface area contributed by atoms with Crippen molar-refractivity contribution in [3.05, 3.63) is 48.2 Å². The first-order valence-electron chi connectivity index (χ1n) is 5.48. The third-order valence-corrected chi connectivity index (χ3v) is 2.41. The number of rotatable bonds is 4. The van der Waals surface area contributed by atoms with E-state index in [-0.39, 0.29) is 5.78 Å². The number of ether oxygens (including phenoxy) is 2. The summed E-state index contributed by atoms with van der Waals surface area (Å²) in [6, 6.07) is 10.6. The lowest BCUT2D eigenvalue weighted by atomic mass is 10.2. The molecule has 1 aromatic carbocycles. The van der Waals surface area contributed by atoms with Crippen LogP contribution in [-0.4, -0.2) is 17.9 Å². The van der Waals surface area contributed by atoms with E-state index in [4.69, 9.17) is 9.47 Å². The molecule has 0 aliphatic carbocycles. The van der Waals surface area contributed by atoms with E-state index in [0.29, 0.717) is 22.9 Å². The number of pyridine rings is 1. The van der Waals surface area contributed by atoms with Crippen molar-refractivity contribution in [3.63, 3.8) is 0 Å². The van der Waals surface area contributed by atoms with Gasteiger partial charge in [-0.1, -0.05) is 6.07 Å². The summed E-state index contributed by atoms with van der Waals surface area (Å²) in [5.74, 6) is 1.77. The second-order valence-corrected chi connectivity index (χ2v) is 3.72. The minimum atomic E-state index is -0.0181. The SMILES string of the molecule is COc1cccc(Oc2ccc(C(C)=O)cn2)c1. The van der Waals surface area contributed by atoms with E-state index >= 15 is 0 Å². The highest BCUT2D eigenvalue weighted by Crippen LogP contribution is 2.23. The lowest BCUT2D eigenvalue weighted by Gasteiger charge is -2.06. The molecule has 4 nitrogen and oxygen atoms in total. The Morgan fingerprint density at radius 3 is 2.56 bits per heavy atom. The van der Waals surface area contributed by atoms with Gasteiger partial charge in [-0.05, 0) is 25.1 Å². The molecule has 0 atom stereocenters. The maximum atomic E-state index is 11.1.